The summed E-state index contributed by atoms with van der Waals surface area (Å²) in [7, 11) is 0. The molecule has 17 heavy (non-hydrogen) atoms. The molecule has 0 aliphatic heterocycles. The molecule has 0 fully saturated rings. The van der Waals surface area contributed by atoms with Gasteiger partial charge in [-0.1, -0.05) is 11.6 Å². The van der Waals surface area contributed by atoms with Crippen molar-refractivity contribution in [2.75, 3.05) is 0 Å². The Balaban J connectivity index is 2.96. The fourth-order valence-corrected chi connectivity index (χ4v) is 1.93. The lowest BCUT2D eigenvalue weighted by molar-refractivity contribution is 0.0695. The van der Waals surface area contributed by atoms with Crippen LogP contribution in [-0.4, -0.2) is 15.6 Å². The molecule has 0 unspecified atom stereocenters. The molecular weight excluding hydrogens is 218 g/mol. The van der Waals surface area contributed by atoms with Gasteiger partial charge in [0, 0.05) is 18.1 Å². The number of aryl methyl sites for hydroxylation is 2. The van der Waals surface area contributed by atoms with E-state index in [1.807, 2.05) is 26.0 Å². The summed E-state index contributed by atoms with van der Waals surface area (Å²) in [6.07, 6.45) is 1.41. The van der Waals surface area contributed by atoms with Crippen LogP contribution in [-0.2, 0) is 6.54 Å². The second-order valence-corrected chi connectivity index (χ2v) is 3.98. The molecule has 0 radical (unpaired) electrons. The maximum absolute atomic E-state index is 12.0. The van der Waals surface area contributed by atoms with Crippen LogP contribution in [0.1, 0.15) is 22.8 Å². The molecule has 4 nitrogen and oxygen atoms in total. The van der Waals surface area contributed by atoms with Gasteiger partial charge >= 0.3 is 5.97 Å². The molecule has 2 rings (SSSR count). The predicted molar refractivity (Wildman–Crippen MR) is 65.6 cm³/mol. The molecule has 0 spiro atoms. The highest BCUT2D eigenvalue weighted by molar-refractivity contribution is 5.92. The highest BCUT2D eigenvalue weighted by atomic mass is 16.4. The van der Waals surface area contributed by atoms with Gasteiger partial charge in [0.1, 0.15) is 5.56 Å². The van der Waals surface area contributed by atoms with Crippen molar-refractivity contribution in [3.05, 3.63) is 45.7 Å². The van der Waals surface area contributed by atoms with Gasteiger partial charge in [0.25, 0.3) is 0 Å². The molecule has 2 aromatic rings. The van der Waals surface area contributed by atoms with E-state index in [9.17, 15) is 9.59 Å². The van der Waals surface area contributed by atoms with Crippen LogP contribution in [0.15, 0.2) is 29.2 Å². The number of benzene rings is 1. The maximum atomic E-state index is 12.0. The predicted octanol–water partition coefficient (Wildman–Crippen LogP) is 2.03. The van der Waals surface area contributed by atoms with E-state index in [0.717, 1.165) is 11.1 Å². The van der Waals surface area contributed by atoms with Gasteiger partial charge in [0.05, 0.1) is 5.52 Å². The Hall–Kier alpha value is -2.10. The number of rotatable bonds is 2. The third-order valence-electron chi connectivity index (χ3n) is 2.81. The minimum Gasteiger partial charge on any atom is -0.477 e. The van der Waals surface area contributed by atoms with Crippen LogP contribution in [0, 0.1) is 6.92 Å². The lowest BCUT2D eigenvalue weighted by Gasteiger charge is -2.10. The number of nitrogens with zero attached hydrogens (tertiary/aromatic N) is 1. The summed E-state index contributed by atoms with van der Waals surface area (Å²) in [6.45, 7) is 4.41. The van der Waals surface area contributed by atoms with Crippen molar-refractivity contribution < 1.29 is 9.90 Å². The molecule has 1 heterocycles. The number of carboxylic acids is 1. The summed E-state index contributed by atoms with van der Waals surface area (Å²) in [6, 6.07) is 5.49. The molecule has 0 saturated carbocycles. The minimum atomic E-state index is -1.18. The van der Waals surface area contributed by atoms with Crippen molar-refractivity contribution in [3.63, 3.8) is 0 Å². The Morgan fingerprint density at radius 1 is 1.41 bits per heavy atom. The lowest BCUT2D eigenvalue weighted by Crippen LogP contribution is -2.18. The first kappa shape index (κ1) is 11.4. The van der Waals surface area contributed by atoms with Crippen molar-refractivity contribution >= 4 is 16.9 Å². The fraction of sp³-hybridized carbons (Fsp3) is 0.231. The van der Waals surface area contributed by atoms with Crippen LogP contribution in [0.3, 0.4) is 0 Å². The summed E-state index contributed by atoms with van der Waals surface area (Å²) < 4.78 is 1.78. The normalized spacial score (nSPS) is 10.7. The number of aromatic nitrogens is 1. The van der Waals surface area contributed by atoms with Gasteiger partial charge < -0.3 is 9.67 Å². The van der Waals surface area contributed by atoms with E-state index in [1.54, 1.807) is 10.6 Å². The molecule has 1 aromatic heterocycles. The van der Waals surface area contributed by atoms with Gasteiger partial charge in [-0.3, -0.25) is 4.79 Å². The van der Waals surface area contributed by atoms with E-state index in [-0.39, 0.29) is 5.56 Å². The van der Waals surface area contributed by atoms with Crippen LogP contribution >= 0.6 is 0 Å². The SMILES string of the molecule is CCn1cc(C(=O)O)c(=O)c2cc(C)ccc21. The monoisotopic (exact) mass is 231 g/mol. The molecule has 88 valence electrons. The molecular formula is C13H13NO3. The van der Waals surface area contributed by atoms with E-state index in [2.05, 4.69) is 0 Å². The quantitative estimate of drug-likeness (QED) is 0.860. The molecule has 1 aromatic carbocycles. The minimum absolute atomic E-state index is 0.176. The zero-order valence-electron chi connectivity index (χ0n) is 9.73. The summed E-state index contributed by atoms with van der Waals surface area (Å²) in [5.74, 6) is -1.18. The van der Waals surface area contributed by atoms with E-state index < -0.39 is 11.4 Å². The number of hydrogen-bond donors (Lipinski definition) is 1. The van der Waals surface area contributed by atoms with E-state index in [0.29, 0.717) is 11.9 Å². The Bertz CT molecular complexity index is 655. The summed E-state index contributed by atoms with van der Waals surface area (Å²) in [4.78, 5) is 23.0. The Morgan fingerprint density at radius 2 is 2.12 bits per heavy atom. The molecule has 4 heteroatoms. The largest absolute Gasteiger partial charge is 0.477 e. The van der Waals surface area contributed by atoms with Crippen LogP contribution in [0.5, 0.6) is 0 Å². The molecule has 0 amide bonds. The Kier molecular flexibility index (Phi) is 2.71. The third kappa shape index (κ3) is 1.82. The van der Waals surface area contributed by atoms with Gasteiger partial charge in [-0.15, -0.1) is 0 Å². The first-order valence-corrected chi connectivity index (χ1v) is 5.41. The standard InChI is InChI=1S/C13H13NO3/c1-3-14-7-10(13(16)17)12(15)9-6-8(2)4-5-11(9)14/h4-7H,3H2,1-2H3,(H,16,17). The topological polar surface area (TPSA) is 59.3 Å². The molecule has 0 saturated heterocycles. The zero-order chi connectivity index (χ0) is 12.6. The first-order chi connectivity index (χ1) is 8.04. The maximum Gasteiger partial charge on any atom is 0.341 e. The highest BCUT2D eigenvalue weighted by Gasteiger charge is 2.13. The summed E-state index contributed by atoms with van der Waals surface area (Å²) >= 11 is 0. The molecule has 0 aliphatic carbocycles. The number of carboxylic acid groups (broad SMARTS) is 1. The van der Waals surface area contributed by atoms with Gasteiger partial charge in [-0.2, -0.15) is 0 Å². The average molecular weight is 231 g/mol. The van der Waals surface area contributed by atoms with Crippen molar-refractivity contribution in [1.82, 2.24) is 4.57 Å². The van der Waals surface area contributed by atoms with Crippen molar-refractivity contribution in [2.45, 2.75) is 20.4 Å². The van der Waals surface area contributed by atoms with Gasteiger partial charge in [0.2, 0.25) is 5.43 Å². The molecule has 1 N–H and O–H groups in total. The van der Waals surface area contributed by atoms with Gasteiger partial charge in [-0.05, 0) is 26.0 Å². The number of fused-ring (bicyclic) bond motifs is 1. The molecule has 0 atom stereocenters. The summed E-state index contributed by atoms with van der Waals surface area (Å²) in [5.41, 5.74) is 1.12. The average Bonchev–Trinajstić information content (AvgIpc) is 2.29. The first-order valence-electron chi connectivity index (χ1n) is 5.41. The Labute approximate surface area is 98.1 Å². The molecule has 0 aliphatic rings. The van der Waals surface area contributed by atoms with Gasteiger partial charge in [-0.25, -0.2) is 4.79 Å². The van der Waals surface area contributed by atoms with Crippen LogP contribution in [0.4, 0.5) is 0 Å². The third-order valence-corrected chi connectivity index (χ3v) is 2.81. The number of carbonyl (C=O) groups is 1. The second-order valence-electron chi connectivity index (χ2n) is 3.98. The number of hydrogen-bond acceptors (Lipinski definition) is 2. The Morgan fingerprint density at radius 3 is 2.71 bits per heavy atom. The van der Waals surface area contributed by atoms with E-state index in [1.165, 1.54) is 6.20 Å². The van der Waals surface area contributed by atoms with Crippen molar-refractivity contribution in [2.24, 2.45) is 0 Å². The van der Waals surface area contributed by atoms with Crippen LogP contribution < -0.4 is 5.43 Å². The molecule has 0 bridgehead atoms. The summed E-state index contributed by atoms with van der Waals surface area (Å²) in [5, 5.41) is 9.47. The van der Waals surface area contributed by atoms with Crippen molar-refractivity contribution in [1.29, 1.82) is 0 Å². The smallest absolute Gasteiger partial charge is 0.341 e. The van der Waals surface area contributed by atoms with Crippen LogP contribution in [0.25, 0.3) is 10.9 Å². The zero-order valence-corrected chi connectivity index (χ0v) is 9.73. The second kappa shape index (κ2) is 4.05. The number of pyridine rings is 1. The highest BCUT2D eigenvalue weighted by Crippen LogP contribution is 2.14. The van der Waals surface area contributed by atoms with Gasteiger partial charge in [0.15, 0.2) is 0 Å². The van der Waals surface area contributed by atoms with Crippen LogP contribution in [0.2, 0.25) is 0 Å². The van der Waals surface area contributed by atoms with E-state index >= 15 is 0 Å². The number of aromatic carboxylic acids is 1. The fourth-order valence-electron chi connectivity index (χ4n) is 1.93. The van der Waals surface area contributed by atoms with E-state index in [4.69, 9.17) is 5.11 Å². The van der Waals surface area contributed by atoms with Crippen molar-refractivity contribution in [3.8, 4) is 0 Å². The lowest BCUT2D eigenvalue weighted by atomic mass is 10.1.